The van der Waals surface area contributed by atoms with Crippen LogP contribution >= 0.6 is 27.3 Å². The average molecular weight is 305 g/mol. The molecule has 0 radical (unpaired) electrons. The van der Waals surface area contributed by atoms with Crippen molar-refractivity contribution in [3.8, 4) is 0 Å². The Balaban J connectivity index is 2.50. The van der Waals surface area contributed by atoms with Gasteiger partial charge >= 0.3 is 5.97 Å². The van der Waals surface area contributed by atoms with Gasteiger partial charge in [0.05, 0.1) is 10.9 Å². The second kappa shape index (κ2) is 6.15. The molecule has 0 aliphatic carbocycles. The summed E-state index contributed by atoms with van der Waals surface area (Å²) < 4.78 is 4.84. The van der Waals surface area contributed by atoms with Crippen molar-refractivity contribution in [3.63, 3.8) is 0 Å². The zero-order valence-electron chi connectivity index (χ0n) is 9.10. The Morgan fingerprint density at radius 1 is 1.50 bits per heavy atom. The first-order valence-electron chi connectivity index (χ1n) is 4.92. The highest BCUT2D eigenvalue weighted by atomic mass is 79.9. The lowest BCUT2D eigenvalue weighted by molar-refractivity contribution is -0.156. The second-order valence-electron chi connectivity index (χ2n) is 3.57. The number of Topliss-reactive ketones (excluding diaryl/α,β-unsaturated/α-hetero) is 1. The molecule has 0 amide bonds. The van der Waals surface area contributed by atoms with Crippen molar-refractivity contribution in [3.05, 3.63) is 22.4 Å². The van der Waals surface area contributed by atoms with Crippen LogP contribution in [-0.4, -0.2) is 22.7 Å². The van der Waals surface area contributed by atoms with E-state index in [4.69, 9.17) is 4.74 Å². The van der Waals surface area contributed by atoms with Crippen molar-refractivity contribution in [2.45, 2.75) is 31.2 Å². The van der Waals surface area contributed by atoms with Gasteiger partial charge in [0.15, 0.2) is 0 Å². The van der Waals surface area contributed by atoms with E-state index in [1.165, 1.54) is 0 Å². The van der Waals surface area contributed by atoms with E-state index in [-0.39, 0.29) is 6.10 Å². The first-order chi connectivity index (χ1) is 7.50. The molecule has 0 spiro atoms. The fraction of sp³-hybridized carbons (Fsp3) is 0.455. The van der Waals surface area contributed by atoms with E-state index < -0.39 is 16.6 Å². The van der Waals surface area contributed by atoms with E-state index in [0.717, 1.165) is 4.88 Å². The predicted molar refractivity (Wildman–Crippen MR) is 67.0 cm³/mol. The number of rotatable bonds is 5. The molecule has 0 aliphatic heterocycles. The first kappa shape index (κ1) is 13.4. The van der Waals surface area contributed by atoms with E-state index in [0.29, 0.717) is 6.42 Å². The summed E-state index contributed by atoms with van der Waals surface area (Å²) >= 11 is 4.77. The van der Waals surface area contributed by atoms with E-state index in [1.807, 2.05) is 17.5 Å². The maximum atomic E-state index is 11.6. The van der Waals surface area contributed by atoms with E-state index >= 15 is 0 Å². The highest BCUT2D eigenvalue weighted by Crippen LogP contribution is 2.16. The Morgan fingerprint density at radius 3 is 2.69 bits per heavy atom. The quantitative estimate of drug-likeness (QED) is 0.477. The van der Waals surface area contributed by atoms with Crippen LogP contribution in [0.5, 0.6) is 0 Å². The summed E-state index contributed by atoms with van der Waals surface area (Å²) in [5, 5.41) is 1.94. The Hall–Kier alpha value is -0.680. The van der Waals surface area contributed by atoms with Gasteiger partial charge in [-0.2, -0.15) is 0 Å². The van der Waals surface area contributed by atoms with E-state index in [9.17, 15) is 9.59 Å². The summed E-state index contributed by atoms with van der Waals surface area (Å²) in [4.78, 5) is 23.5. The van der Waals surface area contributed by atoms with Gasteiger partial charge in [0.25, 0.3) is 5.78 Å². The van der Waals surface area contributed by atoms with Gasteiger partial charge in [0.1, 0.15) is 0 Å². The molecule has 1 unspecified atom stereocenters. The lowest BCUT2D eigenvalue weighted by Crippen LogP contribution is -2.29. The topological polar surface area (TPSA) is 43.4 Å². The number of thiophene rings is 1. The highest BCUT2D eigenvalue weighted by Gasteiger charge is 2.25. The van der Waals surface area contributed by atoms with Gasteiger partial charge in [-0.05, 0) is 25.3 Å². The second-order valence-corrected chi connectivity index (χ2v) is 5.71. The van der Waals surface area contributed by atoms with Crippen LogP contribution < -0.4 is 0 Å². The Bertz CT molecular complexity index is 359. The SMILES string of the molecule is CC(C)OC(=O)C(=O)C(Br)Cc1cccs1. The van der Waals surface area contributed by atoms with Crippen molar-refractivity contribution >= 4 is 39.0 Å². The van der Waals surface area contributed by atoms with Crippen molar-refractivity contribution in [1.82, 2.24) is 0 Å². The monoisotopic (exact) mass is 304 g/mol. The predicted octanol–water partition coefficient (Wildman–Crippen LogP) is 2.57. The molecule has 0 aromatic carbocycles. The first-order valence-corrected chi connectivity index (χ1v) is 6.71. The molecule has 16 heavy (non-hydrogen) atoms. The van der Waals surface area contributed by atoms with E-state index in [2.05, 4.69) is 15.9 Å². The lowest BCUT2D eigenvalue weighted by atomic mass is 10.2. The Morgan fingerprint density at radius 2 is 2.19 bits per heavy atom. The number of halogens is 1. The number of hydrogen-bond donors (Lipinski definition) is 0. The van der Waals surface area contributed by atoms with Gasteiger partial charge in [-0.25, -0.2) is 4.79 Å². The number of hydrogen-bond acceptors (Lipinski definition) is 4. The van der Waals surface area contributed by atoms with Crippen molar-refractivity contribution in [2.75, 3.05) is 0 Å². The van der Waals surface area contributed by atoms with Gasteiger partial charge in [0, 0.05) is 11.3 Å². The molecule has 0 saturated heterocycles. The minimum absolute atomic E-state index is 0.266. The number of alkyl halides is 1. The van der Waals surface area contributed by atoms with Crippen LogP contribution in [0.2, 0.25) is 0 Å². The molecule has 1 heterocycles. The molecule has 3 nitrogen and oxygen atoms in total. The maximum Gasteiger partial charge on any atom is 0.376 e. The minimum atomic E-state index is -0.770. The molecule has 0 fully saturated rings. The zero-order chi connectivity index (χ0) is 12.1. The molecule has 1 atom stereocenters. The summed E-state index contributed by atoms with van der Waals surface area (Å²) in [5.74, 6) is -1.30. The number of esters is 1. The van der Waals surface area contributed by atoms with Crippen LogP contribution in [0.15, 0.2) is 17.5 Å². The zero-order valence-corrected chi connectivity index (χ0v) is 11.5. The normalized spacial score (nSPS) is 12.5. The molecule has 0 aliphatic rings. The minimum Gasteiger partial charge on any atom is -0.457 e. The van der Waals surface area contributed by atoms with Crippen LogP contribution in [0.25, 0.3) is 0 Å². The molecule has 1 rings (SSSR count). The van der Waals surface area contributed by atoms with Crippen LogP contribution in [0.3, 0.4) is 0 Å². The van der Waals surface area contributed by atoms with Gasteiger partial charge in [-0.1, -0.05) is 22.0 Å². The summed E-state index contributed by atoms with van der Waals surface area (Å²) in [6.07, 6.45) is 0.252. The smallest absolute Gasteiger partial charge is 0.376 e. The highest BCUT2D eigenvalue weighted by molar-refractivity contribution is 9.10. The van der Waals surface area contributed by atoms with Crippen molar-refractivity contribution < 1.29 is 14.3 Å². The largest absolute Gasteiger partial charge is 0.457 e. The van der Waals surface area contributed by atoms with Gasteiger partial charge in [-0.15, -0.1) is 11.3 Å². The van der Waals surface area contributed by atoms with Crippen LogP contribution in [0.4, 0.5) is 0 Å². The fourth-order valence-electron chi connectivity index (χ4n) is 1.10. The molecular weight excluding hydrogens is 292 g/mol. The molecule has 0 N–H and O–H groups in total. The third-order valence-corrected chi connectivity index (χ3v) is 3.43. The van der Waals surface area contributed by atoms with Gasteiger partial charge in [-0.3, -0.25) is 4.79 Å². The third-order valence-electron chi connectivity index (χ3n) is 1.79. The molecule has 0 bridgehead atoms. The Kier molecular flexibility index (Phi) is 5.15. The summed E-state index contributed by atoms with van der Waals surface area (Å²) in [7, 11) is 0. The average Bonchev–Trinajstić information content (AvgIpc) is 2.68. The van der Waals surface area contributed by atoms with E-state index in [1.54, 1.807) is 25.2 Å². The molecule has 1 aromatic rings. The van der Waals surface area contributed by atoms with Gasteiger partial charge < -0.3 is 4.74 Å². The number of ketones is 1. The summed E-state index contributed by atoms with van der Waals surface area (Å²) in [6, 6.07) is 3.84. The molecular formula is C11H13BrO3S. The lowest BCUT2D eigenvalue weighted by Gasteiger charge is -2.09. The number of carbonyl (C=O) groups is 2. The van der Waals surface area contributed by atoms with Crippen LogP contribution in [-0.2, 0) is 20.7 Å². The summed E-state index contributed by atoms with van der Waals surface area (Å²) in [5.41, 5.74) is 0. The third kappa shape index (κ3) is 4.06. The fourth-order valence-corrected chi connectivity index (χ4v) is 2.60. The standard InChI is InChI=1S/C11H13BrO3S/c1-7(2)15-11(14)10(13)9(12)6-8-4-3-5-16-8/h3-5,7,9H,6H2,1-2H3. The number of ether oxygens (including phenoxy) is 1. The molecule has 0 saturated carbocycles. The van der Waals surface area contributed by atoms with Gasteiger partial charge in [0.2, 0.25) is 0 Å². The molecule has 1 aromatic heterocycles. The number of carbonyl (C=O) groups excluding carboxylic acids is 2. The molecule has 5 heteroatoms. The summed E-state index contributed by atoms with van der Waals surface area (Å²) in [6.45, 7) is 3.43. The van der Waals surface area contributed by atoms with Crippen molar-refractivity contribution in [1.29, 1.82) is 0 Å². The Labute approximate surface area is 107 Å². The van der Waals surface area contributed by atoms with Crippen LogP contribution in [0, 0.1) is 0 Å². The molecule has 88 valence electrons. The van der Waals surface area contributed by atoms with Crippen molar-refractivity contribution in [2.24, 2.45) is 0 Å². The van der Waals surface area contributed by atoms with Crippen LogP contribution in [0.1, 0.15) is 18.7 Å². The maximum absolute atomic E-state index is 11.6.